The molecule has 2 saturated heterocycles. The van der Waals surface area contributed by atoms with E-state index in [2.05, 4.69) is 27.0 Å². The van der Waals surface area contributed by atoms with Crippen LogP contribution in [0.5, 0.6) is 0 Å². The molecule has 1 aromatic carbocycles. The molecule has 2 aliphatic heterocycles. The summed E-state index contributed by atoms with van der Waals surface area (Å²) in [5, 5.41) is 0. The zero-order chi connectivity index (χ0) is 17.5. The molecule has 7 heteroatoms. The molecule has 0 aliphatic carbocycles. The van der Waals surface area contributed by atoms with E-state index in [1.54, 1.807) is 16.7 Å². The first-order valence-electron chi connectivity index (χ1n) is 8.52. The predicted molar refractivity (Wildman–Crippen MR) is 96.9 cm³/mol. The third-order valence-corrected chi connectivity index (χ3v) is 6.80. The molecular weight excluding hydrogens is 336 g/mol. The van der Waals surface area contributed by atoms with Crippen molar-refractivity contribution >= 4 is 16.0 Å². The second-order valence-electron chi connectivity index (χ2n) is 7.02. The molecular formula is C18H22N4O2S. The van der Waals surface area contributed by atoms with Crippen LogP contribution in [0.4, 0.5) is 5.95 Å². The van der Waals surface area contributed by atoms with E-state index in [1.807, 2.05) is 24.3 Å². The molecule has 0 radical (unpaired) electrons. The van der Waals surface area contributed by atoms with Crippen LogP contribution in [0.15, 0.2) is 48.8 Å². The van der Waals surface area contributed by atoms with Crippen LogP contribution >= 0.6 is 0 Å². The van der Waals surface area contributed by atoms with Crippen LogP contribution in [-0.4, -0.2) is 55.1 Å². The van der Waals surface area contributed by atoms with Crippen LogP contribution in [0.1, 0.15) is 12.0 Å². The van der Waals surface area contributed by atoms with Gasteiger partial charge in [0.25, 0.3) is 0 Å². The Labute approximate surface area is 148 Å². The zero-order valence-electron chi connectivity index (χ0n) is 14.2. The molecule has 0 amide bonds. The molecule has 25 heavy (non-hydrogen) atoms. The van der Waals surface area contributed by atoms with E-state index in [1.165, 1.54) is 11.8 Å². The third-order valence-electron chi connectivity index (χ3n) is 5.59. The molecule has 2 aromatic rings. The van der Waals surface area contributed by atoms with Gasteiger partial charge in [0.05, 0.1) is 6.26 Å². The van der Waals surface area contributed by atoms with Crippen molar-refractivity contribution in [2.75, 3.05) is 37.3 Å². The number of piperidine rings is 1. The van der Waals surface area contributed by atoms with Crippen molar-refractivity contribution in [3.8, 4) is 0 Å². The van der Waals surface area contributed by atoms with E-state index in [4.69, 9.17) is 0 Å². The lowest BCUT2D eigenvalue weighted by atomic mass is 9.68. The van der Waals surface area contributed by atoms with E-state index in [0.717, 1.165) is 25.5 Å². The monoisotopic (exact) mass is 358 g/mol. The Morgan fingerprint density at radius 1 is 1.08 bits per heavy atom. The van der Waals surface area contributed by atoms with Crippen molar-refractivity contribution in [3.05, 3.63) is 54.4 Å². The minimum Gasteiger partial charge on any atom is -0.340 e. The number of fused-ring (bicyclic) bond motifs is 1. The summed E-state index contributed by atoms with van der Waals surface area (Å²) in [6.45, 7) is 2.71. The standard InChI is InChI=1S/C18H22N4O2S/c1-25(23,24)22-13-16-12-21(17-19-9-5-10-20-17)11-8-18(16,14-22)15-6-3-2-4-7-15/h2-7,9-10,16H,8,11-14H2,1H3/t16-,18+/m1/s1. The smallest absolute Gasteiger partial charge is 0.225 e. The normalized spacial score (nSPS) is 27.2. The lowest BCUT2D eigenvalue weighted by molar-refractivity contribution is 0.281. The van der Waals surface area contributed by atoms with Crippen LogP contribution in [-0.2, 0) is 15.4 Å². The maximum Gasteiger partial charge on any atom is 0.225 e. The zero-order valence-corrected chi connectivity index (χ0v) is 15.1. The Morgan fingerprint density at radius 3 is 2.48 bits per heavy atom. The molecule has 0 bridgehead atoms. The summed E-state index contributed by atoms with van der Waals surface area (Å²) >= 11 is 0. The number of rotatable bonds is 3. The highest BCUT2D eigenvalue weighted by Gasteiger charge is 2.52. The number of hydrogen-bond acceptors (Lipinski definition) is 5. The minimum absolute atomic E-state index is 0.129. The fourth-order valence-corrected chi connectivity index (χ4v) is 5.18. The van der Waals surface area contributed by atoms with Crippen molar-refractivity contribution in [3.63, 3.8) is 0 Å². The highest BCUT2D eigenvalue weighted by Crippen LogP contribution is 2.46. The van der Waals surface area contributed by atoms with Crippen molar-refractivity contribution in [2.45, 2.75) is 11.8 Å². The molecule has 0 spiro atoms. The molecule has 132 valence electrons. The third kappa shape index (κ3) is 2.91. The van der Waals surface area contributed by atoms with Crippen LogP contribution in [0, 0.1) is 5.92 Å². The molecule has 0 unspecified atom stereocenters. The summed E-state index contributed by atoms with van der Waals surface area (Å²) < 4.78 is 26.0. The fourth-order valence-electron chi connectivity index (χ4n) is 4.27. The molecule has 1 aromatic heterocycles. The van der Waals surface area contributed by atoms with Crippen molar-refractivity contribution < 1.29 is 8.42 Å². The second-order valence-corrected chi connectivity index (χ2v) is 9.00. The van der Waals surface area contributed by atoms with Crippen molar-refractivity contribution in [2.24, 2.45) is 5.92 Å². The Morgan fingerprint density at radius 2 is 1.80 bits per heavy atom. The van der Waals surface area contributed by atoms with Crippen LogP contribution < -0.4 is 4.90 Å². The largest absolute Gasteiger partial charge is 0.340 e. The maximum atomic E-state index is 12.2. The molecule has 3 heterocycles. The Kier molecular flexibility index (Phi) is 4.00. The summed E-state index contributed by atoms with van der Waals surface area (Å²) in [6, 6.07) is 12.2. The predicted octanol–water partition coefficient (Wildman–Crippen LogP) is 1.52. The summed E-state index contributed by atoms with van der Waals surface area (Å²) in [4.78, 5) is 10.9. The molecule has 2 aliphatic rings. The van der Waals surface area contributed by atoms with Crippen LogP contribution in [0.25, 0.3) is 0 Å². The minimum atomic E-state index is -3.21. The number of nitrogens with zero attached hydrogens (tertiary/aromatic N) is 4. The average molecular weight is 358 g/mol. The molecule has 0 N–H and O–H groups in total. The molecule has 0 saturated carbocycles. The van der Waals surface area contributed by atoms with Gasteiger partial charge >= 0.3 is 0 Å². The lowest BCUT2D eigenvalue weighted by Gasteiger charge is -2.44. The van der Waals surface area contributed by atoms with Gasteiger partial charge in [0, 0.05) is 49.9 Å². The van der Waals surface area contributed by atoms with E-state index in [-0.39, 0.29) is 11.3 Å². The van der Waals surface area contributed by atoms with Gasteiger partial charge in [-0.2, -0.15) is 0 Å². The first-order valence-corrected chi connectivity index (χ1v) is 10.4. The van der Waals surface area contributed by atoms with Gasteiger partial charge in [-0.15, -0.1) is 0 Å². The molecule has 2 atom stereocenters. The van der Waals surface area contributed by atoms with E-state index in [9.17, 15) is 8.42 Å². The Bertz CT molecular complexity index is 844. The van der Waals surface area contributed by atoms with Gasteiger partial charge in [-0.1, -0.05) is 30.3 Å². The molecule has 4 rings (SSSR count). The maximum absolute atomic E-state index is 12.2. The summed E-state index contributed by atoms with van der Waals surface area (Å²) in [5.74, 6) is 0.948. The van der Waals surface area contributed by atoms with Crippen LogP contribution in [0.3, 0.4) is 0 Å². The highest BCUT2D eigenvalue weighted by atomic mass is 32.2. The Hall–Kier alpha value is -1.99. The van der Waals surface area contributed by atoms with Gasteiger partial charge in [-0.05, 0) is 18.1 Å². The van der Waals surface area contributed by atoms with Gasteiger partial charge in [-0.3, -0.25) is 0 Å². The Balaban J connectivity index is 1.69. The highest BCUT2D eigenvalue weighted by molar-refractivity contribution is 7.88. The number of anilines is 1. The fraction of sp³-hybridized carbons (Fsp3) is 0.444. The molecule has 2 fully saturated rings. The van der Waals surface area contributed by atoms with E-state index < -0.39 is 10.0 Å². The van der Waals surface area contributed by atoms with Gasteiger partial charge in [-0.25, -0.2) is 22.7 Å². The average Bonchev–Trinajstić information content (AvgIpc) is 3.04. The summed E-state index contributed by atoms with van der Waals surface area (Å²) in [5.41, 5.74) is 1.11. The van der Waals surface area contributed by atoms with E-state index in [0.29, 0.717) is 13.1 Å². The first kappa shape index (κ1) is 16.5. The number of benzene rings is 1. The van der Waals surface area contributed by atoms with Crippen molar-refractivity contribution in [1.29, 1.82) is 0 Å². The number of aromatic nitrogens is 2. The van der Waals surface area contributed by atoms with E-state index >= 15 is 0 Å². The quantitative estimate of drug-likeness (QED) is 0.832. The second kappa shape index (κ2) is 6.07. The van der Waals surface area contributed by atoms with Gasteiger partial charge in [0.2, 0.25) is 16.0 Å². The SMILES string of the molecule is CS(=O)(=O)N1C[C@H]2CN(c3ncccn3)CC[C@@]2(c2ccccc2)C1. The summed E-state index contributed by atoms with van der Waals surface area (Å²) in [7, 11) is -3.21. The lowest BCUT2D eigenvalue weighted by Crippen LogP contribution is -2.50. The van der Waals surface area contributed by atoms with Crippen molar-refractivity contribution in [1.82, 2.24) is 14.3 Å². The van der Waals surface area contributed by atoms with Gasteiger partial charge in [0.15, 0.2) is 0 Å². The topological polar surface area (TPSA) is 66.4 Å². The summed E-state index contributed by atoms with van der Waals surface area (Å²) in [6.07, 6.45) is 5.70. The number of sulfonamides is 1. The van der Waals surface area contributed by atoms with Gasteiger partial charge < -0.3 is 4.90 Å². The number of hydrogen-bond donors (Lipinski definition) is 0. The van der Waals surface area contributed by atoms with Crippen LogP contribution in [0.2, 0.25) is 0 Å². The van der Waals surface area contributed by atoms with Gasteiger partial charge in [0.1, 0.15) is 0 Å². The molecule has 6 nitrogen and oxygen atoms in total. The first-order chi connectivity index (χ1) is 12.0.